The Morgan fingerprint density at radius 2 is 1.62 bits per heavy atom. The van der Waals surface area contributed by atoms with Gasteiger partial charge in [-0.15, -0.1) is 0 Å². The molecule has 0 aliphatic heterocycles. The molecule has 1 radical (unpaired) electrons. The standard InChI is InChI=1S/C10H21O3/c1-5-11-8-10(13-7-3)9(4)12-6-2/h9-10H,4-8H2,1-3H3. The van der Waals surface area contributed by atoms with E-state index in [2.05, 4.69) is 6.92 Å². The van der Waals surface area contributed by atoms with Crippen LogP contribution in [0.1, 0.15) is 20.8 Å². The zero-order valence-corrected chi connectivity index (χ0v) is 8.91. The molecule has 0 bridgehead atoms. The Balaban J connectivity index is 3.75. The second kappa shape index (κ2) is 8.48. The second-order valence-corrected chi connectivity index (χ2v) is 2.65. The van der Waals surface area contributed by atoms with Crippen molar-refractivity contribution in [3.63, 3.8) is 0 Å². The van der Waals surface area contributed by atoms with E-state index < -0.39 is 0 Å². The van der Waals surface area contributed by atoms with Crippen LogP contribution in [0.4, 0.5) is 0 Å². The van der Waals surface area contributed by atoms with Gasteiger partial charge in [0.05, 0.1) is 12.7 Å². The molecule has 0 heterocycles. The van der Waals surface area contributed by atoms with Gasteiger partial charge in [0.1, 0.15) is 6.10 Å². The van der Waals surface area contributed by atoms with Gasteiger partial charge in [-0.1, -0.05) is 0 Å². The first-order valence-electron chi connectivity index (χ1n) is 4.90. The molecule has 0 saturated heterocycles. The molecule has 3 heteroatoms. The molecule has 2 unspecified atom stereocenters. The van der Waals surface area contributed by atoms with Gasteiger partial charge in [-0.05, 0) is 27.7 Å². The molecule has 0 aliphatic carbocycles. The zero-order chi connectivity index (χ0) is 10.1. The molecule has 0 rings (SSSR count). The van der Waals surface area contributed by atoms with E-state index in [9.17, 15) is 0 Å². The fourth-order valence-corrected chi connectivity index (χ4v) is 1.03. The number of hydrogen-bond donors (Lipinski definition) is 0. The van der Waals surface area contributed by atoms with Crippen molar-refractivity contribution in [2.24, 2.45) is 0 Å². The number of rotatable bonds is 8. The van der Waals surface area contributed by atoms with Crippen LogP contribution in [0.5, 0.6) is 0 Å². The van der Waals surface area contributed by atoms with E-state index in [0.717, 1.165) is 0 Å². The lowest BCUT2D eigenvalue weighted by Gasteiger charge is -2.23. The Labute approximate surface area is 81.4 Å². The summed E-state index contributed by atoms with van der Waals surface area (Å²) in [6.45, 7) is 12.3. The van der Waals surface area contributed by atoms with Crippen LogP contribution in [0.15, 0.2) is 0 Å². The maximum absolute atomic E-state index is 5.45. The van der Waals surface area contributed by atoms with Crippen LogP contribution < -0.4 is 0 Å². The third kappa shape index (κ3) is 6.02. The third-order valence-corrected chi connectivity index (χ3v) is 1.66. The highest BCUT2D eigenvalue weighted by Gasteiger charge is 2.17. The van der Waals surface area contributed by atoms with Crippen LogP contribution in [-0.4, -0.2) is 38.6 Å². The van der Waals surface area contributed by atoms with Crippen molar-refractivity contribution in [2.45, 2.75) is 33.0 Å². The van der Waals surface area contributed by atoms with Crippen LogP contribution in [0, 0.1) is 6.92 Å². The zero-order valence-electron chi connectivity index (χ0n) is 8.91. The van der Waals surface area contributed by atoms with Gasteiger partial charge in [-0.3, -0.25) is 0 Å². The molecule has 0 saturated carbocycles. The normalized spacial score (nSPS) is 15.7. The fourth-order valence-electron chi connectivity index (χ4n) is 1.03. The molecule has 2 atom stereocenters. The third-order valence-electron chi connectivity index (χ3n) is 1.66. The summed E-state index contributed by atoms with van der Waals surface area (Å²) in [5, 5.41) is 0. The summed E-state index contributed by atoms with van der Waals surface area (Å²) in [5.74, 6) is 0. The monoisotopic (exact) mass is 189 g/mol. The SMILES string of the molecule is [CH2]C(OCC)C(COCC)OCC. The number of ether oxygens (including phenoxy) is 3. The Morgan fingerprint density at radius 1 is 1.00 bits per heavy atom. The average molecular weight is 189 g/mol. The molecule has 0 spiro atoms. The molecule has 3 nitrogen and oxygen atoms in total. The van der Waals surface area contributed by atoms with E-state index in [0.29, 0.717) is 26.4 Å². The van der Waals surface area contributed by atoms with E-state index >= 15 is 0 Å². The maximum atomic E-state index is 5.45. The van der Waals surface area contributed by atoms with Crippen LogP contribution in [-0.2, 0) is 14.2 Å². The van der Waals surface area contributed by atoms with Crippen LogP contribution in [0.3, 0.4) is 0 Å². The molecule has 0 aromatic heterocycles. The van der Waals surface area contributed by atoms with Gasteiger partial charge in [-0.25, -0.2) is 0 Å². The minimum absolute atomic E-state index is 0.0510. The van der Waals surface area contributed by atoms with Crippen molar-refractivity contribution >= 4 is 0 Å². The van der Waals surface area contributed by atoms with Gasteiger partial charge in [0.15, 0.2) is 0 Å². The van der Waals surface area contributed by atoms with E-state index in [1.807, 2.05) is 20.8 Å². The van der Waals surface area contributed by atoms with E-state index in [1.165, 1.54) is 0 Å². The molecule has 0 aliphatic rings. The minimum Gasteiger partial charge on any atom is -0.379 e. The summed E-state index contributed by atoms with van der Waals surface area (Å²) in [5.41, 5.74) is 0. The van der Waals surface area contributed by atoms with Crippen molar-refractivity contribution in [2.75, 3.05) is 26.4 Å². The Hall–Kier alpha value is -0.120. The van der Waals surface area contributed by atoms with Gasteiger partial charge in [0.2, 0.25) is 0 Å². The van der Waals surface area contributed by atoms with E-state index in [4.69, 9.17) is 14.2 Å². The maximum Gasteiger partial charge on any atom is 0.107 e. The molecule has 0 aromatic carbocycles. The first-order valence-corrected chi connectivity index (χ1v) is 4.90. The van der Waals surface area contributed by atoms with Crippen LogP contribution in [0.25, 0.3) is 0 Å². The van der Waals surface area contributed by atoms with Gasteiger partial charge in [-0.2, -0.15) is 0 Å². The Kier molecular flexibility index (Phi) is 8.40. The van der Waals surface area contributed by atoms with Gasteiger partial charge in [0.25, 0.3) is 0 Å². The largest absolute Gasteiger partial charge is 0.379 e. The molecule has 13 heavy (non-hydrogen) atoms. The summed E-state index contributed by atoms with van der Waals surface area (Å²) in [6.07, 6.45) is -0.193. The highest BCUT2D eigenvalue weighted by molar-refractivity contribution is 4.72. The molecule has 0 fully saturated rings. The fraction of sp³-hybridized carbons (Fsp3) is 0.900. The topological polar surface area (TPSA) is 27.7 Å². The highest BCUT2D eigenvalue weighted by atomic mass is 16.6. The lowest BCUT2D eigenvalue weighted by Crippen LogP contribution is -2.33. The van der Waals surface area contributed by atoms with Crippen LogP contribution >= 0.6 is 0 Å². The minimum atomic E-state index is -0.142. The van der Waals surface area contributed by atoms with Crippen molar-refractivity contribution < 1.29 is 14.2 Å². The first kappa shape index (κ1) is 12.9. The smallest absolute Gasteiger partial charge is 0.107 e. The van der Waals surface area contributed by atoms with E-state index in [-0.39, 0.29) is 12.2 Å². The lowest BCUT2D eigenvalue weighted by molar-refractivity contribution is -0.0814. The van der Waals surface area contributed by atoms with Crippen LogP contribution in [0.2, 0.25) is 0 Å². The number of hydrogen-bond acceptors (Lipinski definition) is 3. The molecule has 79 valence electrons. The summed E-state index contributed by atoms with van der Waals surface area (Å²) in [6, 6.07) is 0. The summed E-state index contributed by atoms with van der Waals surface area (Å²) >= 11 is 0. The second-order valence-electron chi connectivity index (χ2n) is 2.65. The summed E-state index contributed by atoms with van der Waals surface area (Å²) in [4.78, 5) is 0. The Morgan fingerprint density at radius 3 is 2.08 bits per heavy atom. The summed E-state index contributed by atoms with van der Waals surface area (Å²) in [7, 11) is 0. The molecule has 0 amide bonds. The summed E-state index contributed by atoms with van der Waals surface area (Å²) < 4.78 is 16.1. The Bertz CT molecular complexity index is 106. The average Bonchev–Trinajstić information content (AvgIpc) is 2.12. The lowest BCUT2D eigenvalue weighted by atomic mass is 10.2. The van der Waals surface area contributed by atoms with Crippen molar-refractivity contribution in [3.8, 4) is 0 Å². The molecular formula is C10H21O3. The predicted octanol–water partition coefficient (Wildman–Crippen LogP) is 1.67. The first-order chi connectivity index (χ1) is 6.26. The van der Waals surface area contributed by atoms with Gasteiger partial charge >= 0.3 is 0 Å². The van der Waals surface area contributed by atoms with Crippen molar-refractivity contribution in [1.29, 1.82) is 0 Å². The molecule has 0 N–H and O–H groups in total. The van der Waals surface area contributed by atoms with Gasteiger partial charge < -0.3 is 14.2 Å². The molecule has 0 aromatic rings. The van der Waals surface area contributed by atoms with Crippen molar-refractivity contribution in [1.82, 2.24) is 0 Å². The van der Waals surface area contributed by atoms with Gasteiger partial charge in [0, 0.05) is 19.8 Å². The predicted molar refractivity (Wildman–Crippen MR) is 52.7 cm³/mol. The quantitative estimate of drug-likeness (QED) is 0.581. The van der Waals surface area contributed by atoms with E-state index in [1.54, 1.807) is 0 Å². The van der Waals surface area contributed by atoms with Crippen molar-refractivity contribution in [3.05, 3.63) is 6.92 Å². The molecular weight excluding hydrogens is 168 g/mol. The highest BCUT2D eigenvalue weighted by Crippen LogP contribution is 2.04.